The van der Waals surface area contributed by atoms with E-state index in [9.17, 15) is 0 Å². The summed E-state index contributed by atoms with van der Waals surface area (Å²) in [7, 11) is 0. The molecule has 0 saturated carbocycles. The lowest BCUT2D eigenvalue weighted by Gasteiger charge is -2.38. The van der Waals surface area contributed by atoms with Gasteiger partial charge in [-0.1, -0.05) is 13.8 Å². The molecule has 0 aromatic carbocycles. The van der Waals surface area contributed by atoms with Crippen molar-refractivity contribution in [3.63, 3.8) is 0 Å². The molecule has 2 aliphatic rings. The third-order valence-electron chi connectivity index (χ3n) is 4.22. The number of rotatable bonds is 5. The summed E-state index contributed by atoms with van der Waals surface area (Å²) in [6, 6.07) is 0. The SMILES string of the molecule is Br.CCC1CN(C(N)=NCCC2CCCO2)CC(CC)O1. The minimum Gasteiger partial charge on any atom is -0.378 e. The van der Waals surface area contributed by atoms with E-state index in [1.54, 1.807) is 0 Å². The Labute approximate surface area is 139 Å². The summed E-state index contributed by atoms with van der Waals surface area (Å²) in [5, 5.41) is 0. The first-order valence-electron chi connectivity index (χ1n) is 8.04. The fourth-order valence-electron chi connectivity index (χ4n) is 2.86. The smallest absolute Gasteiger partial charge is 0.191 e. The van der Waals surface area contributed by atoms with Crippen LogP contribution in [0.4, 0.5) is 0 Å². The van der Waals surface area contributed by atoms with Crippen LogP contribution >= 0.6 is 17.0 Å². The number of morpholine rings is 1. The van der Waals surface area contributed by atoms with Crippen LogP contribution in [-0.4, -0.2) is 55.4 Å². The van der Waals surface area contributed by atoms with Crippen LogP contribution in [0.1, 0.15) is 46.0 Å². The molecule has 0 aliphatic carbocycles. The van der Waals surface area contributed by atoms with Gasteiger partial charge in [-0.2, -0.15) is 0 Å². The Balaban J connectivity index is 0.00000220. The number of hydrogen-bond acceptors (Lipinski definition) is 3. The molecule has 2 aliphatic heterocycles. The van der Waals surface area contributed by atoms with Gasteiger partial charge in [-0.25, -0.2) is 0 Å². The Morgan fingerprint density at radius 1 is 1.19 bits per heavy atom. The Kier molecular flexibility index (Phi) is 8.59. The molecule has 0 spiro atoms. The van der Waals surface area contributed by atoms with E-state index in [0.717, 1.165) is 45.5 Å². The van der Waals surface area contributed by atoms with Gasteiger partial charge in [-0.05, 0) is 32.1 Å². The largest absolute Gasteiger partial charge is 0.378 e. The summed E-state index contributed by atoms with van der Waals surface area (Å²) in [6.07, 6.45) is 6.34. The first-order chi connectivity index (χ1) is 9.72. The predicted molar refractivity (Wildman–Crippen MR) is 91.2 cm³/mol. The average Bonchev–Trinajstić information content (AvgIpc) is 2.99. The highest BCUT2D eigenvalue weighted by molar-refractivity contribution is 8.93. The summed E-state index contributed by atoms with van der Waals surface area (Å²) in [4.78, 5) is 6.72. The number of nitrogens with two attached hydrogens (primary N) is 1. The molecule has 0 aromatic heterocycles. The van der Waals surface area contributed by atoms with E-state index >= 15 is 0 Å². The second kappa shape index (κ2) is 9.64. The summed E-state index contributed by atoms with van der Waals surface area (Å²) in [6.45, 7) is 7.72. The van der Waals surface area contributed by atoms with Gasteiger partial charge in [0.2, 0.25) is 0 Å². The molecule has 2 N–H and O–H groups in total. The minimum absolute atomic E-state index is 0. The number of ether oxygens (including phenoxy) is 2. The van der Waals surface area contributed by atoms with Gasteiger partial charge in [0.1, 0.15) is 0 Å². The van der Waals surface area contributed by atoms with Crippen molar-refractivity contribution >= 4 is 22.9 Å². The molecule has 0 radical (unpaired) electrons. The van der Waals surface area contributed by atoms with Crippen molar-refractivity contribution in [1.29, 1.82) is 0 Å². The van der Waals surface area contributed by atoms with Gasteiger partial charge in [0.05, 0.1) is 18.3 Å². The molecular formula is C15H30BrN3O2. The van der Waals surface area contributed by atoms with Gasteiger partial charge in [0.15, 0.2) is 5.96 Å². The highest BCUT2D eigenvalue weighted by Crippen LogP contribution is 2.17. The lowest BCUT2D eigenvalue weighted by molar-refractivity contribution is -0.0690. The lowest BCUT2D eigenvalue weighted by Crippen LogP contribution is -2.52. The normalized spacial score (nSPS) is 30.3. The predicted octanol–water partition coefficient (Wildman–Crippen LogP) is 2.34. The molecular weight excluding hydrogens is 334 g/mol. The maximum absolute atomic E-state index is 6.15. The Hall–Kier alpha value is -0.330. The van der Waals surface area contributed by atoms with Gasteiger partial charge in [-0.3, -0.25) is 4.99 Å². The second-order valence-corrected chi connectivity index (χ2v) is 5.77. The number of guanidine groups is 1. The van der Waals surface area contributed by atoms with E-state index in [2.05, 4.69) is 23.7 Å². The topological polar surface area (TPSA) is 60.1 Å². The minimum atomic E-state index is 0. The van der Waals surface area contributed by atoms with E-state index in [-0.39, 0.29) is 29.2 Å². The van der Waals surface area contributed by atoms with E-state index < -0.39 is 0 Å². The molecule has 0 bridgehead atoms. The fourth-order valence-corrected chi connectivity index (χ4v) is 2.86. The van der Waals surface area contributed by atoms with Crippen LogP contribution in [0.2, 0.25) is 0 Å². The number of halogens is 1. The average molecular weight is 364 g/mol. The third-order valence-corrected chi connectivity index (χ3v) is 4.22. The highest BCUT2D eigenvalue weighted by atomic mass is 79.9. The quantitative estimate of drug-likeness (QED) is 0.601. The Morgan fingerprint density at radius 3 is 2.38 bits per heavy atom. The van der Waals surface area contributed by atoms with Crippen LogP contribution in [0.15, 0.2) is 4.99 Å². The van der Waals surface area contributed by atoms with Gasteiger partial charge in [0, 0.05) is 26.2 Å². The van der Waals surface area contributed by atoms with Crippen molar-refractivity contribution in [3.05, 3.63) is 0 Å². The molecule has 3 atom stereocenters. The van der Waals surface area contributed by atoms with Crippen LogP contribution in [0.3, 0.4) is 0 Å². The monoisotopic (exact) mass is 363 g/mol. The molecule has 3 unspecified atom stereocenters. The molecule has 124 valence electrons. The van der Waals surface area contributed by atoms with E-state index in [1.807, 2.05) is 0 Å². The zero-order chi connectivity index (χ0) is 14.4. The van der Waals surface area contributed by atoms with E-state index in [1.165, 1.54) is 12.8 Å². The van der Waals surface area contributed by atoms with Crippen LogP contribution in [-0.2, 0) is 9.47 Å². The summed E-state index contributed by atoms with van der Waals surface area (Å²) in [5.41, 5.74) is 6.15. The fraction of sp³-hybridized carbons (Fsp3) is 0.933. The lowest BCUT2D eigenvalue weighted by atomic mass is 10.1. The first-order valence-corrected chi connectivity index (χ1v) is 8.04. The van der Waals surface area contributed by atoms with E-state index in [4.69, 9.17) is 15.2 Å². The van der Waals surface area contributed by atoms with Crippen molar-refractivity contribution in [2.75, 3.05) is 26.2 Å². The van der Waals surface area contributed by atoms with Crippen LogP contribution in [0.25, 0.3) is 0 Å². The highest BCUT2D eigenvalue weighted by Gasteiger charge is 2.26. The molecule has 2 fully saturated rings. The van der Waals surface area contributed by atoms with Crippen LogP contribution < -0.4 is 5.73 Å². The number of hydrogen-bond donors (Lipinski definition) is 1. The number of nitrogens with zero attached hydrogens (tertiary/aromatic N) is 2. The van der Waals surface area contributed by atoms with Crippen molar-refractivity contribution in [1.82, 2.24) is 4.90 Å². The summed E-state index contributed by atoms with van der Waals surface area (Å²) >= 11 is 0. The van der Waals surface area contributed by atoms with Crippen molar-refractivity contribution in [2.45, 2.75) is 64.3 Å². The third kappa shape index (κ3) is 5.75. The van der Waals surface area contributed by atoms with E-state index in [0.29, 0.717) is 12.1 Å². The zero-order valence-electron chi connectivity index (χ0n) is 13.3. The molecule has 0 aromatic rings. The molecule has 5 nitrogen and oxygen atoms in total. The van der Waals surface area contributed by atoms with Crippen molar-refractivity contribution in [3.8, 4) is 0 Å². The molecule has 2 heterocycles. The van der Waals surface area contributed by atoms with Crippen molar-refractivity contribution < 1.29 is 9.47 Å². The van der Waals surface area contributed by atoms with Crippen LogP contribution in [0, 0.1) is 0 Å². The van der Waals surface area contributed by atoms with Gasteiger partial charge < -0.3 is 20.1 Å². The van der Waals surface area contributed by atoms with Gasteiger partial charge >= 0.3 is 0 Å². The maximum atomic E-state index is 6.15. The molecule has 2 rings (SSSR count). The van der Waals surface area contributed by atoms with Crippen molar-refractivity contribution in [2.24, 2.45) is 10.7 Å². The summed E-state index contributed by atoms with van der Waals surface area (Å²) in [5.74, 6) is 0.670. The second-order valence-electron chi connectivity index (χ2n) is 5.77. The standard InChI is InChI=1S/C15H29N3O2.BrH/c1-3-12-10-18(11-13(4-2)20-12)15(16)17-8-7-14-6-5-9-19-14;/h12-14H,3-11H2,1-2H3,(H2,16,17);1H. The Bertz CT molecular complexity index is 310. The first kappa shape index (κ1) is 18.7. The van der Waals surface area contributed by atoms with Crippen LogP contribution in [0.5, 0.6) is 0 Å². The summed E-state index contributed by atoms with van der Waals surface area (Å²) < 4.78 is 11.6. The zero-order valence-corrected chi connectivity index (χ0v) is 15.0. The van der Waals surface area contributed by atoms with Gasteiger partial charge in [-0.15, -0.1) is 17.0 Å². The maximum Gasteiger partial charge on any atom is 0.191 e. The molecule has 0 amide bonds. The molecule has 21 heavy (non-hydrogen) atoms. The molecule has 6 heteroatoms. The Morgan fingerprint density at radius 2 is 1.86 bits per heavy atom. The number of aliphatic imine (C=N–C) groups is 1. The molecule has 2 saturated heterocycles. The van der Waals surface area contributed by atoms with Gasteiger partial charge in [0.25, 0.3) is 0 Å².